The number of nitrogens with zero attached hydrogens (tertiary/aromatic N) is 2. The van der Waals surface area contributed by atoms with E-state index in [4.69, 9.17) is 0 Å². The highest BCUT2D eigenvalue weighted by molar-refractivity contribution is 8.01. The van der Waals surface area contributed by atoms with Crippen LogP contribution in [0.4, 0.5) is 16.5 Å². The Morgan fingerprint density at radius 1 is 1.08 bits per heavy atom. The van der Waals surface area contributed by atoms with E-state index in [2.05, 4.69) is 26.1 Å². The molecule has 0 aliphatic heterocycles. The molecule has 1 aromatic carbocycles. The van der Waals surface area contributed by atoms with Gasteiger partial charge in [0.1, 0.15) is 0 Å². The molecule has 0 aliphatic rings. The van der Waals surface area contributed by atoms with Crippen molar-refractivity contribution in [2.75, 3.05) is 21.7 Å². The largest absolute Gasteiger partial charge is 0.326 e. The van der Waals surface area contributed by atoms with Gasteiger partial charge in [-0.3, -0.25) is 14.4 Å². The summed E-state index contributed by atoms with van der Waals surface area (Å²) in [6.45, 7) is 3.34. The molecule has 1 heterocycles. The van der Waals surface area contributed by atoms with Crippen molar-refractivity contribution >= 4 is 57.3 Å². The second kappa shape index (κ2) is 9.88. The number of thioether (sulfide) groups is 1. The molecule has 2 aromatic rings. The molecule has 0 aliphatic carbocycles. The fourth-order valence-electron chi connectivity index (χ4n) is 1.93. The summed E-state index contributed by atoms with van der Waals surface area (Å²) in [5, 5.41) is 16.3. The Labute approximate surface area is 159 Å². The number of rotatable bonds is 8. The summed E-state index contributed by atoms with van der Waals surface area (Å²) in [6.07, 6.45) is 1.19. The number of nitrogens with one attached hydrogen (secondary N) is 3. The third-order valence-corrected chi connectivity index (χ3v) is 4.90. The van der Waals surface area contributed by atoms with Crippen LogP contribution in [0.5, 0.6) is 0 Å². The summed E-state index contributed by atoms with van der Waals surface area (Å²) >= 11 is 2.46. The molecule has 0 atom stereocenters. The van der Waals surface area contributed by atoms with E-state index in [1.165, 1.54) is 30.0 Å². The van der Waals surface area contributed by atoms with Gasteiger partial charge < -0.3 is 16.0 Å². The SMILES string of the molecule is CCCC(=O)Nc1nnc(SCC(=O)Nc2cccc(NC(C)=O)c2)s1. The number of aromatic nitrogens is 2. The number of carbonyl (C=O) groups is 3. The minimum Gasteiger partial charge on any atom is -0.326 e. The molecule has 8 nitrogen and oxygen atoms in total. The van der Waals surface area contributed by atoms with Gasteiger partial charge in [0.05, 0.1) is 5.75 Å². The van der Waals surface area contributed by atoms with Crippen molar-refractivity contribution in [3.05, 3.63) is 24.3 Å². The molecular formula is C16H19N5O3S2. The average Bonchev–Trinajstić information content (AvgIpc) is 3.00. The number of anilines is 3. The first-order valence-electron chi connectivity index (χ1n) is 7.90. The molecule has 0 bridgehead atoms. The molecular weight excluding hydrogens is 374 g/mol. The molecule has 0 unspecified atom stereocenters. The van der Waals surface area contributed by atoms with Crippen LogP contribution in [0.25, 0.3) is 0 Å². The maximum Gasteiger partial charge on any atom is 0.234 e. The van der Waals surface area contributed by atoms with Gasteiger partial charge in [0.15, 0.2) is 4.34 Å². The van der Waals surface area contributed by atoms with Crippen molar-refractivity contribution in [3.63, 3.8) is 0 Å². The van der Waals surface area contributed by atoms with Crippen LogP contribution in [0, 0.1) is 0 Å². The fraction of sp³-hybridized carbons (Fsp3) is 0.312. The van der Waals surface area contributed by atoms with E-state index in [9.17, 15) is 14.4 Å². The monoisotopic (exact) mass is 393 g/mol. The topological polar surface area (TPSA) is 113 Å². The van der Waals surface area contributed by atoms with E-state index >= 15 is 0 Å². The van der Waals surface area contributed by atoms with E-state index in [1.54, 1.807) is 24.3 Å². The summed E-state index contributed by atoms with van der Waals surface area (Å²) < 4.78 is 0.596. The highest BCUT2D eigenvalue weighted by Crippen LogP contribution is 2.26. The summed E-state index contributed by atoms with van der Waals surface area (Å²) in [5.74, 6) is -0.331. The summed E-state index contributed by atoms with van der Waals surface area (Å²) in [6, 6.07) is 6.89. The number of hydrogen-bond donors (Lipinski definition) is 3. The van der Waals surface area contributed by atoms with Crippen molar-refractivity contribution in [3.8, 4) is 0 Å². The first-order valence-corrected chi connectivity index (χ1v) is 9.70. The van der Waals surface area contributed by atoms with Crippen molar-refractivity contribution in [2.24, 2.45) is 0 Å². The van der Waals surface area contributed by atoms with E-state index in [-0.39, 0.29) is 23.5 Å². The van der Waals surface area contributed by atoms with Crippen molar-refractivity contribution < 1.29 is 14.4 Å². The van der Waals surface area contributed by atoms with Crippen molar-refractivity contribution in [1.82, 2.24) is 10.2 Å². The van der Waals surface area contributed by atoms with Gasteiger partial charge in [-0.15, -0.1) is 10.2 Å². The maximum absolute atomic E-state index is 12.1. The molecule has 10 heteroatoms. The van der Waals surface area contributed by atoms with E-state index < -0.39 is 0 Å². The van der Waals surface area contributed by atoms with E-state index in [0.717, 1.165) is 6.42 Å². The lowest BCUT2D eigenvalue weighted by Crippen LogP contribution is -2.14. The minimum atomic E-state index is -0.207. The van der Waals surface area contributed by atoms with Crippen LogP contribution in [0.1, 0.15) is 26.7 Å². The molecule has 0 fully saturated rings. The van der Waals surface area contributed by atoms with Gasteiger partial charge in [-0.2, -0.15) is 0 Å². The zero-order valence-electron chi connectivity index (χ0n) is 14.4. The minimum absolute atomic E-state index is 0.100. The molecule has 0 radical (unpaired) electrons. The van der Waals surface area contributed by atoms with Crippen LogP contribution in [-0.4, -0.2) is 33.7 Å². The number of amides is 3. The molecule has 3 N–H and O–H groups in total. The molecule has 138 valence electrons. The highest BCUT2D eigenvalue weighted by atomic mass is 32.2. The molecule has 3 amide bonds. The van der Waals surface area contributed by atoms with Crippen LogP contribution >= 0.6 is 23.1 Å². The van der Waals surface area contributed by atoms with Gasteiger partial charge in [-0.05, 0) is 24.6 Å². The molecule has 0 spiro atoms. The molecule has 2 rings (SSSR count). The van der Waals surface area contributed by atoms with Crippen LogP contribution in [0.2, 0.25) is 0 Å². The normalized spacial score (nSPS) is 10.2. The summed E-state index contributed by atoms with van der Waals surface area (Å²) in [7, 11) is 0. The van der Waals surface area contributed by atoms with Gasteiger partial charge >= 0.3 is 0 Å². The molecule has 26 heavy (non-hydrogen) atoms. The van der Waals surface area contributed by atoms with Crippen LogP contribution < -0.4 is 16.0 Å². The molecule has 0 saturated carbocycles. The van der Waals surface area contributed by atoms with Gasteiger partial charge in [0.25, 0.3) is 0 Å². The van der Waals surface area contributed by atoms with E-state index in [0.29, 0.717) is 27.3 Å². The third kappa shape index (κ3) is 6.81. The van der Waals surface area contributed by atoms with Gasteiger partial charge in [0.2, 0.25) is 22.9 Å². The molecule has 0 saturated heterocycles. The predicted molar refractivity (Wildman–Crippen MR) is 104 cm³/mol. The fourth-order valence-corrected chi connectivity index (χ4v) is 3.50. The van der Waals surface area contributed by atoms with Crippen molar-refractivity contribution in [2.45, 2.75) is 31.0 Å². The number of carbonyl (C=O) groups excluding carboxylic acids is 3. The smallest absolute Gasteiger partial charge is 0.234 e. The lowest BCUT2D eigenvalue weighted by atomic mass is 10.2. The van der Waals surface area contributed by atoms with Crippen LogP contribution in [0.15, 0.2) is 28.6 Å². The Morgan fingerprint density at radius 2 is 1.81 bits per heavy atom. The standard InChI is InChI=1S/C16H19N5O3S2/c1-3-5-13(23)19-15-20-21-16(26-15)25-9-14(24)18-12-7-4-6-11(8-12)17-10(2)22/h4,6-8H,3,5,9H2,1-2H3,(H,17,22)(H,18,24)(H,19,20,23). The first kappa shape index (κ1) is 19.9. The Morgan fingerprint density at radius 3 is 2.50 bits per heavy atom. The Hall–Kier alpha value is -2.46. The van der Waals surface area contributed by atoms with Crippen LogP contribution in [0.3, 0.4) is 0 Å². The molecule has 1 aromatic heterocycles. The van der Waals surface area contributed by atoms with Crippen molar-refractivity contribution in [1.29, 1.82) is 0 Å². The average molecular weight is 393 g/mol. The summed E-state index contributed by atoms with van der Waals surface area (Å²) in [4.78, 5) is 34.6. The van der Waals surface area contributed by atoms with Gasteiger partial charge in [0, 0.05) is 24.7 Å². The lowest BCUT2D eigenvalue weighted by molar-refractivity contribution is -0.116. The zero-order valence-corrected chi connectivity index (χ0v) is 16.0. The summed E-state index contributed by atoms with van der Waals surface area (Å²) in [5.41, 5.74) is 1.20. The van der Waals surface area contributed by atoms with E-state index in [1.807, 2.05) is 6.92 Å². The predicted octanol–water partition coefficient (Wildman–Crippen LogP) is 2.97. The van der Waals surface area contributed by atoms with Gasteiger partial charge in [-0.1, -0.05) is 36.1 Å². The second-order valence-electron chi connectivity index (χ2n) is 5.27. The van der Waals surface area contributed by atoms with Gasteiger partial charge in [-0.25, -0.2) is 0 Å². The highest BCUT2D eigenvalue weighted by Gasteiger charge is 2.10. The zero-order chi connectivity index (χ0) is 18.9. The Kier molecular flexibility index (Phi) is 7.54. The lowest BCUT2D eigenvalue weighted by Gasteiger charge is -2.07. The Balaban J connectivity index is 1.83. The number of hydrogen-bond acceptors (Lipinski definition) is 7. The Bertz CT molecular complexity index is 794. The van der Waals surface area contributed by atoms with Crippen LogP contribution in [-0.2, 0) is 14.4 Å². The number of benzene rings is 1. The first-order chi connectivity index (χ1) is 12.5. The second-order valence-corrected chi connectivity index (χ2v) is 7.47. The third-order valence-electron chi connectivity index (χ3n) is 2.92. The maximum atomic E-state index is 12.1. The quantitative estimate of drug-likeness (QED) is 0.469.